The van der Waals surface area contributed by atoms with Gasteiger partial charge in [-0.15, -0.1) is 0 Å². The Kier molecular flexibility index (Phi) is 4.29. The molecule has 0 unspecified atom stereocenters. The Bertz CT molecular complexity index is 437. The van der Waals surface area contributed by atoms with Crippen molar-refractivity contribution in [2.75, 3.05) is 6.79 Å². The molecule has 0 bridgehead atoms. The fraction of sp³-hybridized carbons (Fsp3) is 0.400. The number of benzene rings is 1. The lowest BCUT2D eigenvalue weighted by Gasteiger charge is -2.30. The molecule has 99 valence electrons. The quantitative estimate of drug-likeness (QED) is 0.646. The van der Waals surface area contributed by atoms with Crippen molar-refractivity contribution >= 4 is 69.6 Å². The molecule has 0 N–H and O–H groups in total. The first-order chi connectivity index (χ1) is 8.19. The van der Waals surface area contributed by atoms with Crippen LogP contribution in [0.15, 0.2) is 12.1 Å². The zero-order valence-corrected chi connectivity index (χ0v) is 13.1. The third-order valence-corrected chi connectivity index (χ3v) is 3.60. The summed E-state index contributed by atoms with van der Waals surface area (Å²) in [5, 5.41) is 0. The first-order valence-corrected chi connectivity index (χ1v) is 6.91. The molecule has 0 fully saturated rings. The van der Waals surface area contributed by atoms with Gasteiger partial charge in [-0.3, -0.25) is 0 Å². The first-order valence-electron chi connectivity index (χ1n) is 4.64. The van der Waals surface area contributed by atoms with Crippen LogP contribution in [0.4, 0.5) is 0 Å². The number of fused-ring (bicyclic) bond motifs is 1. The highest BCUT2D eigenvalue weighted by Gasteiger charge is 2.47. The Balaban J connectivity index is 2.44. The van der Waals surface area contributed by atoms with Gasteiger partial charge in [-0.2, -0.15) is 0 Å². The minimum Gasteiger partial charge on any atom is -0.454 e. The summed E-state index contributed by atoms with van der Waals surface area (Å²) in [6.07, 6.45) is 0. The van der Waals surface area contributed by atoms with Crippen molar-refractivity contribution in [3.63, 3.8) is 0 Å². The van der Waals surface area contributed by atoms with Gasteiger partial charge in [0.2, 0.25) is 14.4 Å². The van der Waals surface area contributed by atoms with E-state index in [1.165, 1.54) is 0 Å². The molecular formula is C10H5Cl6O2. The third kappa shape index (κ3) is 3.17. The highest BCUT2D eigenvalue weighted by atomic mass is 35.6. The highest BCUT2D eigenvalue weighted by Crippen LogP contribution is 2.54. The van der Waals surface area contributed by atoms with E-state index in [4.69, 9.17) is 79.1 Å². The second-order valence-corrected chi connectivity index (χ2v) is 8.28. The zero-order chi connectivity index (χ0) is 13.6. The monoisotopic (exact) mass is 367 g/mol. The molecule has 0 aromatic heterocycles. The van der Waals surface area contributed by atoms with Crippen LogP contribution in [0, 0.1) is 6.07 Å². The smallest absolute Gasteiger partial charge is 0.231 e. The lowest BCUT2D eigenvalue weighted by atomic mass is 10.0. The van der Waals surface area contributed by atoms with E-state index in [-0.39, 0.29) is 6.79 Å². The van der Waals surface area contributed by atoms with Crippen LogP contribution in [0.2, 0.25) is 0 Å². The first kappa shape index (κ1) is 15.0. The Morgan fingerprint density at radius 2 is 1.56 bits per heavy atom. The van der Waals surface area contributed by atoms with E-state index >= 15 is 0 Å². The molecular weight excluding hydrogens is 365 g/mol. The number of halogens is 6. The van der Waals surface area contributed by atoms with Crippen LogP contribution in [0.5, 0.6) is 11.5 Å². The number of hydrogen-bond acceptors (Lipinski definition) is 2. The van der Waals surface area contributed by atoms with Crippen LogP contribution >= 0.6 is 69.6 Å². The van der Waals surface area contributed by atoms with Gasteiger partial charge in [-0.05, 0) is 23.8 Å². The van der Waals surface area contributed by atoms with Crippen LogP contribution in [-0.2, 0) is 0 Å². The van der Waals surface area contributed by atoms with Crippen molar-refractivity contribution in [1.82, 2.24) is 0 Å². The summed E-state index contributed by atoms with van der Waals surface area (Å²) in [5.74, 6) is 0.0536. The van der Waals surface area contributed by atoms with Crippen LogP contribution in [0.3, 0.4) is 0 Å². The van der Waals surface area contributed by atoms with Gasteiger partial charge in [0, 0.05) is 0 Å². The van der Waals surface area contributed by atoms with Crippen molar-refractivity contribution in [3.05, 3.63) is 23.8 Å². The molecule has 1 aliphatic heterocycles. The molecule has 0 spiro atoms. The Labute approximate surface area is 134 Å². The van der Waals surface area contributed by atoms with Gasteiger partial charge < -0.3 is 9.47 Å². The average molecular weight is 370 g/mol. The SMILES string of the molecule is ClC(Cl)(Cl)C(c1[c]cc2c(c1)OCO2)C(Cl)(Cl)Cl. The summed E-state index contributed by atoms with van der Waals surface area (Å²) in [4.78, 5) is 0. The Morgan fingerprint density at radius 1 is 1.00 bits per heavy atom. The molecule has 1 radical (unpaired) electrons. The predicted octanol–water partition coefficient (Wildman–Crippen LogP) is 5.04. The molecule has 1 aromatic rings. The van der Waals surface area contributed by atoms with Gasteiger partial charge >= 0.3 is 0 Å². The van der Waals surface area contributed by atoms with Crippen LogP contribution in [0.25, 0.3) is 0 Å². The summed E-state index contributed by atoms with van der Waals surface area (Å²) in [7, 11) is 0. The molecule has 0 aliphatic carbocycles. The van der Waals surface area contributed by atoms with E-state index in [9.17, 15) is 0 Å². The van der Waals surface area contributed by atoms with Gasteiger partial charge in [0.15, 0.2) is 11.5 Å². The number of rotatable bonds is 1. The topological polar surface area (TPSA) is 18.5 Å². The molecule has 2 nitrogen and oxygen atoms in total. The largest absolute Gasteiger partial charge is 0.454 e. The van der Waals surface area contributed by atoms with Crippen molar-refractivity contribution in [2.24, 2.45) is 0 Å². The molecule has 0 saturated heterocycles. The molecule has 1 aliphatic rings. The maximum absolute atomic E-state index is 5.85. The maximum Gasteiger partial charge on any atom is 0.231 e. The van der Waals surface area contributed by atoms with Crippen LogP contribution in [0.1, 0.15) is 11.5 Å². The average Bonchev–Trinajstić information content (AvgIpc) is 2.59. The van der Waals surface area contributed by atoms with Crippen LogP contribution < -0.4 is 9.47 Å². The lowest BCUT2D eigenvalue weighted by Crippen LogP contribution is -2.29. The fourth-order valence-corrected chi connectivity index (χ4v) is 3.75. The van der Waals surface area contributed by atoms with Crippen molar-refractivity contribution < 1.29 is 9.47 Å². The van der Waals surface area contributed by atoms with E-state index in [1.54, 1.807) is 12.1 Å². The predicted molar refractivity (Wildman–Crippen MR) is 74.7 cm³/mol. The molecule has 2 rings (SSSR count). The normalized spacial score (nSPS) is 15.3. The molecule has 0 amide bonds. The van der Waals surface area contributed by atoms with Gasteiger partial charge in [0.1, 0.15) is 0 Å². The molecule has 1 aromatic carbocycles. The summed E-state index contributed by atoms with van der Waals surface area (Å²) in [5.41, 5.74) is 0.416. The minimum atomic E-state index is -1.80. The molecule has 0 saturated carbocycles. The van der Waals surface area contributed by atoms with E-state index in [1.807, 2.05) is 0 Å². The molecule has 18 heavy (non-hydrogen) atoms. The van der Waals surface area contributed by atoms with E-state index in [0.29, 0.717) is 17.1 Å². The lowest BCUT2D eigenvalue weighted by molar-refractivity contribution is 0.174. The second-order valence-electron chi connectivity index (χ2n) is 3.54. The van der Waals surface area contributed by atoms with Gasteiger partial charge in [-0.1, -0.05) is 69.6 Å². The van der Waals surface area contributed by atoms with E-state index in [0.717, 1.165) is 0 Å². The summed E-state index contributed by atoms with van der Waals surface area (Å²) < 4.78 is 6.77. The number of ether oxygens (including phenoxy) is 2. The van der Waals surface area contributed by atoms with Gasteiger partial charge in [0.25, 0.3) is 0 Å². The number of alkyl halides is 6. The Morgan fingerprint density at radius 3 is 2.11 bits per heavy atom. The highest BCUT2D eigenvalue weighted by molar-refractivity contribution is 6.73. The zero-order valence-electron chi connectivity index (χ0n) is 8.52. The van der Waals surface area contributed by atoms with Gasteiger partial charge in [-0.25, -0.2) is 0 Å². The Hall–Kier alpha value is 0.560. The summed E-state index contributed by atoms with van der Waals surface area (Å²) >= 11 is 35.1. The van der Waals surface area contributed by atoms with Crippen molar-refractivity contribution in [3.8, 4) is 11.5 Å². The maximum atomic E-state index is 5.85. The second kappa shape index (κ2) is 5.16. The third-order valence-electron chi connectivity index (χ3n) is 2.29. The van der Waals surface area contributed by atoms with Crippen molar-refractivity contribution in [2.45, 2.75) is 13.5 Å². The van der Waals surface area contributed by atoms with Crippen molar-refractivity contribution in [1.29, 1.82) is 0 Å². The van der Waals surface area contributed by atoms with E-state index in [2.05, 4.69) is 6.07 Å². The minimum absolute atomic E-state index is 0.124. The fourth-order valence-electron chi connectivity index (χ4n) is 1.56. The molecule has 8 heteroatoms. The standard InChI is InChI=1S/C10H5Cl6O2/c11-9(12,13)8(10(14,15)16)5-1-2-6-7(3-5)18-4-17-6/h2-3,8H,4H2. The van der Waals surface area contributed by atoms with E-state index < -0.39 is 13.5 Å². The molecule has 0 atom stereocenters. The van der Waals surface area contributed by atoms with Crippen LogP contribution in [-0.4, -0.2) is 14.4 Å². The number of hydrogen-bond donors (Lipinski definition) is 0. The molecule has 1 heterocycles. The summed E-state index contributed by atoms with van der Waals surface area (Å²) in [6, 6.07) is 6.00. The summed E-state index contributed by atoms with van der Waals surface area (Å²) in [6.45, 7) is 0.124. The van der Waals surface area contributed by atoms with Gasteiger partial charge in [0.05, 0.1) is 5.92 Å².